The molecule has 0 spiro atoms. The van der Waals surface area contributed by atoms with Crippen LogP contribution >= 0.6 is 15.9 Å². The number of nitrogens with zero attached hydrogens (tertiary/aromatic N) is 1. The van der Waals surface area contributed by atoms with Gasteiger partial charge in [-0.05, 0) is 34.5 Å². The first-order valence-corrected chi connectivity index (χ1v) is 5.98. The maximum atomic E-state index is 8.98. The summed E-state index contributed by atoms with van der Waals surface area (Å²) in [5.41, 5.74) is 0.986. The molecule has 0 heterocycles. The zero-order valence-corrected chi connectivity index (χ0v) is 10.4. The SMILES string of the molecule is CCCCC(C#N)Nc1ccccc1Br. The van der Waals surface area contributed by atoms with Crippen LogP contribution in [0.1, 0.15) is 26.2 Å². The van der Waals surface area contributed by atoms with E-state index >= 15 is 0 Å². The lowest BCUT2D eigenvalue weighted by molar-refractivity contribution is 0.687. The van der Waals surface area contributed by atoms with Crippen LogP contribution in [0.4, 0.5) is 5.69 Å². The molecule has 1 aromatic carbocycles. The van der Waals surface area contributed by atoms with Crippen molar-refractivity contribution in [1.82, 2.24) is 0 Å². The molecular weight excluding hydrogens is 252 g/mol. The van der Waals surface area contributed by atoms with Crippen LogP contribution in [0.5, 0.6) is 0 Å². The Bertz CT molecular complexity index is 344. The quantitative estimate of drug-likeness (QED) is 0.876. The highest BCUT2D eigenvalue weighted by molar-refractivity contribution is 9.10. The Labute approximate surface area is 99.4 Å². The average molecular weight is 267 g/mol. The summed E-state index contributed by atoms with van der Waals surface area (Å²) < 4.78 is 1.00. The van der Waals surface area contributed by atoms with E-state index in [0.29, 0.717) is 0 Å². The van der Waals surface area contributed by atoms with Crippen LogP contribution in [-0.2, 0) is 0 Å². The molecule has 0 aliphatic heterocycles. The number of benzene rings is 1. The highest BCUT2D eigenvalue weighted by atomic mass is 79.9. The number of para-hydroxylation sites is 1. The van der Waals surface area contributed by atoms with Crippen molar-refractivity contribution >= 4 is 21.6 Å². The molecule has 1 N–H and O–H groups in total. The molecule has 1 unspecified atom stereocenters. The van der Waals surface area contributed by atoms with Gasteiger partial charge in [-0.3, -0.25) is 0 Å². The van der Waals surface area contributed by atoms with E-state index < -0.39 is 0 Å². The van der Waals surface area contributed by atoms with Gasteiger partial charge >= 0.3 is 0 Å². The third-order valence-corrected chi connectivity index (χ3v) is 2.90. The summed E-state index contributed by atoms with van der Waals surface area (Å²) in [6.45, 7) is 2.13. The molecule has 0 aromatic heterocycles. The van der Waals surface area contributed by atoms with Crippen molar-refractivity contribution in [3.05, 3.63) is 28.7 Å². The Balaban J connectivity index is 2.60. The molecule has 0 saturated heterocycles. The zero-order chi connectivity index (χ0) is 11.1. The number of nitrogens with one attached hydrogen (secondary N) is 1. The van der Waals surface area contributed by atoms with Crippen molar-refractivity contribution in [3.63, 3.8) is 0 Å². The zero-order valence-electron chi connectivity index (χ0n) is 8.83. The standard InChI is InChI=1S/C12H15BrN2/c1-2-3-6-10(9-14)15-12-8-5-4-7-11(12)13/h4-5,7-8,10,15H,2-3,6H2,1H3. The number of hydrogen-bond donors (Lipinski definition) is 1. The van der Waals surface area contributed by atoms with Crippen LogP contribution in [-0.4, -0.2) is 6.04 Å². The summed E-state index contributed by atoms with van der Waals surface area (Å²) in [5.74, 6) is 0. The molecule has 0 bridgehead atoms. The Morgan fingerprint density at radius 1 is 1.47 bits per heavy atom. The minimum Gasteiger partial charge on any atom is -0.369 e. The van der Waals surface area contributed by atoms with Crippen molar-refractivity contribution in [1.29, 1.82) is 5.26 Å². The van der Waals surface area contributed by atoms with Crippen LogP contribution < -0.4 is 5.32 Å². The fourth-order valence-corrected chi connectivity index (χ4v) is 1.74. The highest BCUT2D eigenvalue weighted by Gasteiger charge is 2.07. The second kappa shape index (κ2) is 6.47. The molecule has 1 aromatic rings. The monoisotopic (exact) mass is 266 g/mol. The van der Waals surface area contributed by atoms with E-state index in [9.17, 15) is 0 Å². The molecule has 80 valence electrons. The van der Waals surface area contributed by atoms with E-state index in [2.05, 4.69) is 34.2 Å². The molecule has 1 rings (SSSR count). The van der Waals surface area contributed by atoms with Gasteiger partial charge in [0.1, 0.15) is 6.04 Å². The smallest absolute Gasteiger partial charge is 0.114 e. The summed E-state index contributed by atoms with van der Waals surface area (Å²) in [5, 5.41) is 12.2. The Morgan fingerprint density at radius 3 is 2.80 bits per heavy atom. The van der Waals surface area contributed by atoms with Crippen molar-refractivity contribution in [2.24, 2.45) is 0 Å². The van der Waals surface area contributed by atoms with Gasteiger partial charge < -0.3 is 5.32 Å². The number of hydrogen-bond acceptors (Lipinski definition) is 2. The predicted molar refractivity (Wildman–Crippen MR) is 66.7 cm³/mol. The third kappa shape index (κ3) is 3.93. The molecule has 0 saturated carbocycles. The minimum atomic E-state index is -0.0938. The van der Waals surface area contributed by atoms with Crippen LogP contribution in [0.25, 0.3) is 0 Å². The number of nitriles is 1. The van der Waals surface area contributed by atoms with Crippen molar-refractivity contribution in [2.45, 2.75) is 32.2 Å². The first-order valence-electron chi connectivity index (χ1n) is 5.18. The fourth-order valence-electron chi connectivity index (χ4n) is 1.34. The molecule has 2 nitrogen and oxygen atoms in total. The van der Waals surface area contributed by atoms with E-state index in [1.54, 1.807) is 0 Å². The largest absolute Gasteiger partial charge is 0.369 e. The summed E-state index contributed by atoms with van der Waals surface area (Å²) in [4.78, 5) is 0. The summed E-state index contributed by atoms with van der Waals surface area (Å²) in [7, 11) is 0. The van der Waals surface area contributed by atoms with Gasteiger partial charge in [0, 0.05) is 10.2 Å². The van der Waals surface area contributed by atoms with Gasteiger partial charge in [-0.2, -0.15) is 5.26 Å². The van der Waals surface area contributed by atoms with Gasteiger partial charge in [0.15, 0.2) is 0 Å². The molecule has 0 radical (unpaired) electrons. The average Bonchev–Trinajstić information content (AvgIpc) is 2.26. The molecule has 1 atom stereocenters. The van der Waals surface area contributed by atoms with Gasteiger partial charge in [-0.1, -0.05) is 31.9 Å². The molecule has 0 fully saturated rings. The maximum absolute atomic E-state index is 8.98. The second-order valence-electron chi connectivity index (χ2n) is 3.45. The second-order valence-corrected chi connectivity index (χ2v) is 4.30. The lowest BCUT2D eigenvalue weighted by Gasteiger charge is -2.13. The summed E-state index contributed by atoms with van der Waals surface area (Å²) in [6, 6.07) is 10.0. The lowest BCUT2D eigenvalue weighted by Crippen LogP contribution is -2.17. The number of anilines is 1. The van der Waals surface area contributed by atoms with Crippen LogP contribution in [0.15, 0.2) is 28.7 Å². The lowest BCUT2D eigenvalue weighted by atomic mass is 10.1. The molecule has 0 aliphatic rings. The highest BCUT2D eigenvalue weighted by Crippen LogP contribution is 2.22. The van der Waals surface area contributed by atoms with Crippen LogP contribution in [0, 0.1) is 11.3 Å². The number of rotatable bonds is 5. The van der Waals surface area contributed by atoms with Crippen LogP contribution in [0.3, 0.4) is 0 Å². The van der Waals surface area contributed by atoms with Gasteiger partial charge in [-0.25, -0.2) is 0 Å². The molecule has 3 heteroatoms. The summed E-state index contributed by atoms with van der Waals surface area (Å²) >= 11 is 3.45. The number of unbranched alkanes of at least 4 members (excludes halogenated alkanes) is 1. The van der Waals surface area contributed by atoms with E-state index in [4.69, 9.17) is 5.26 Å². The molecule has 0 amide bonds. The first-order chi connectivity index (χ1) is 7.27. The predicted octanol–water partition coefficient (Wildman–Crippen LogP) is 3.94. The molecular formula is C12H15BrN2. The van der Waals surface area contributed by atoms with E-state index in [1.165, 1.54) is 0 Å². The van der Waals surface area contributed by atoms with Gasteiger partial charge in [0.2, 0.25) is 0 Å². The molecule has 15 heavy (non-hydrogen) atoms. The van der Waals surface area contributed by atoms with Crippen molar-refractivity contribution < 1.29 is 0 Å². The van der Waals surface area contributed by atoms with Crippen molar-refractivity contribution in [2.75, 3.05) is 5.32 Å². The molecule has 0 aliphatic carbocycles. The normalized spacial score (nSPS) is 11.8. The van der Waals surface area contributed by atoms with E-state index in [1.807, 2.05) is 24.3 Å². The third-order valence-electron chi connectivity index (χ3n) is 2.21. The van der Waals surface area contributed by atoms with Gasteiger partial charge in [0.05, 0.1) is 6.07 Å². The van der Waals surface area contributed by atoms with E-state index in [0.717, 1.165) is 29.4 Å². The topological polar surface area (TPSA) is 35.8 Å². The first kappa shape index (κ1) is 12.1. The minimum absolute atomic E-state index is 0.0938. The van der Waals surface area contributed by atoms with Gasteiger partial charge in [0.25, 0.3) is 0 Å². The Morgan fingerprint density at radius 2 is 2.20 bits per heavy atom. The fraction of sp³-hybridized carbons (Fsp3) is 0.417. The van der Waals surface area contributed by atoms with Crippen molar-refractivity contribution in [3.8, 4) is 6.07 Å². The maximum Gasteiger partial charge on any atom is 0.114 e. The van der Waals surface area contributed by atoms with E-state index in [-0.39, 0.29) is 6.04 Å². The Kier molecular flexibility index (Phi) is 5.20. The van der Waals surface area contributed by atoms with Gasteiger partial charge in [-0.15, -0.1) is 0 Å². The van der Waals surface area contributed by atoms with Crippen LogP contribution in [0.2, 0.25) is 0 Å². The Hall–Kier alpha value is -1.01. The number of halogens is 1. The summed E-state index contributed by atoms with van der Waals surface area (Å²) in [6.07, 6.45) is 3.10.